The van der Waals surface area contributed by atoms with Crippen LogP contribution in [0.15, 0.2) is 30.8 Å². The number of hydrogen-bond acceptors (Lipinski definition) is 3. The van der Waals surface area contributed by atoms with Gasteiger partial charge in [0.25, 0.3) is 0 Å². The molecule has 0 unspecified atom stereocenters. The molecular weight excluding hydrogens is 307 g/mol. The standard InChI is InChI=1S/C12H18N.CHF3O3S/c1-5-11-6-8-12(9-7-11)10-13(2,3)4;2-1(3,4)8(5,6)7/h5-9H,1,10H2,2-4H3;(H,5,6,7)/q+1;/p-1. The van der Waals surface area contributed by atoms with Crippen molar-refractivity contribution in [1.82, 2.24) is 0 Å². The number of halogens is 3. The highest BCUT2D eigenvalue weighted by Gasteiger charge is 2.36. The van der Waals surface area contributed by atoms with Gasteiger partial charge in [-0.15, -0.1) is 0 Å². The number of rotatable bonds is 3. The molecule has 1 rings (SSSR count). The van der Waals surface area contributed by atoms with Crippen LogP contribution in [0.1, 0.15) is 11.1 Å². The Kier molecular flexibility index (Phi) is 6.59. The van der Waals surface area contributed by atoms with Crippen LogP contribution in [0.2, 0.25) is 0 Å². The summed E-state index contributed by atoms with van der Waals surface area (Å²) in [5.41, 5.74) is -3.09. The second kappa shape index (κ2) is 7.06. The van der Waals surface area contributed by atoms with Gasteiger partial charge in [-0.05, 0) is 5.56 Å². The highest BCUT2D eigenvalue weighted by Crippen LogP contribution is 2.20. The first-order valence-corrected chi connectivity index (χ1v) is 7.21. The fourth-order valence-electron chi connectivity index (χ4n) is 1.31. The van der Waals surface area contributed by atoms with Gasteiger partial charge in [-0.25, -0.2) is 8.42 Å². The van der Waals surface area contributed by atoms with E-state index in [-0.39, 0.29) is 0 Å². The van der Waals surface area contributed by atoms with Crippen molar-refractivity contribution in [2.24, 2.45) is 0 Å². The summed E-state index contributed by atoms with van der Waals surface area (Å²) < 4.78 is 59.9. The minimum Gasteiger partial charge on any atom is -0.741 e. The molecule has 120 valence electrons. The van der Waals surface area contributed by atoms with Crippen molar-refractivity contribution in [2.75, 3.05) is 21.1 Å². The Labute approximate surface area is 122 Å². The molecule has 0 bridgehead atoms. The lowest BCUT2D eigenvalue weighted by atomic mass is 10.1. The van der Waals surface area contributed by atoms with E-state index in [4.69, 9.17) is 13.0 Å². The number of alkyl halides is 3. The lowest BCUT2D eigenvalue weighted by molar-refractivity contribution is -0.884. The molecule has 0 heterocycles. The zero-order valence-electron chi connectivity index (χ0n) is 12.0. The third-order valence-corrected chi connectivity index (χ3v) is 2.72. The van der Waals surface area contributed by atoms with Gasteiger partial charge >= 0.3 is 5.51 Å². The molecular formula is C13H18F3NO3S. The van der Waals surface area contributed by atoms with Crippen molar-refractivity contribution in [3.05, 3.63) is 42.0 Å². The van der Waals surface area contributed by atoms with Crippen LogP contribution in [0.5, 0.6) is 0 Å². The van der Waals surface area contributed by atoms with Crippen LogP contribution in [-0.2, 0) is 16.7 Å². The van der Waals surface area contributed by atoms with E-state index in [1.165, 1.54) is 11.1 Å². The molecule has 0 aliphatic carbocycles. The van der Waals surface area contributed by atoms with Gasteiger partial charge in [0.15, 0.2) is 10.1 Å². The summed E-state index contributed by atoms with van der Waals surface area (Å²) in [6.07, 6.45) is 1.87. The minimum absolute atomic E-state index is 0.966. The quantitative estimate of drug-likeness (QED) is 0.487. The van der Waals surface area contributed by atoms with Gasteiger partial charge in [-0.2, -0.15) is 13.2 Å². The molecule has 0 N–H and O–H groups in total. The molecule has 0 aliphatic rings. The largest absolute Gasteiger partial charge is 0.741 e. The number of benzene rings is 1. The van der Waals surface area contributed by atoms with Crippen molar-refractivity contribution in [3.8, 4) is 0 Å². The van der Waals surface area contributed by atoms with Crippen molar-refractivity contribution >= 4 is 16.2 Å². The highest BCUT2D eigenvalue weighted by molar-refractivity contribution is 7.86. The van der Waals surface area contributed by atoms with Crippen molar-refractivity contribution in [2.45, 2.75) is 12.1 Å². The molecule has 0 aromatic heterocycles. The summed E-state index contributed by atoms with van der Waals surface area (Å²) in [5.74, 6) is 0. The third-order valence-electron chi connectivity index (χ3n) is 2.16. The van der Waals surface area contributed by atoms with E-state index >= 15 is 0 Å². The molecule has 4 nitrogen and oxygen atoms in total. The third kappa shape index (κ3) is 8.49. The predicted molar refractivity (Wildman–Crippen MR) is 74.0 cm³/mol. The summed E-state index contributed by atoms with van der Waals surface area (Å²) in [6, 6.07) is 8.55. The van der Waals surface area contributed by atoms with Crippen LogP contribution in [0.3, 0.4) is 0 Å². The molecule has 0 atom stereocenters. The van der Waals surface area contributed by atoms with Crippen LogP contribution in [-0.4, -0.2) is 44.1 Å². The Morgan fingerprint density at radius 2 is 1.57 bits per heavy atom. The van der Waals surface area contributed by atoms with Crippen LogP contribution >= 0.6 is 0 Å². The van der Waals surface area contributed by atoms with E-state index in [1.807, 2.05) is 6.08 Å². The van der Waals surface area contributed by atoms with E-state index in [9.17, 15) is 13.2 Å². The zero-order valence-corrected chi connectivity index (χ0v) is 12.8. The number of hydrogen-bond donors (Lipinski definition) is 0. The minimum atomic E-state index is -6.09. The van der Waals surface area contributed by atoms with Gasteiger partial charge in [0, 0.05) is 5.56 Å². The summed E-state index contributed by atoms with van der Waals surface area (Å²) in [7, 11) is 0.497. The molecule has 0 spiro atoms. The normalized spacial score (nSPS) is 12.3. The molecule has 0 fully saturated rings. The van der Waals surface area contributed by atoms with Gasteiger partial charge < -0.3 is 9.04 Å². The first-order valence-electron chi connectivity index (χ1n) is 5.80. The Balaban J connectivity index is 0.000000433. The molecule has 0 amide bonds. The molecule has 0 aliphatic heterocycles. The molecule has 0 radical (unpaired) electrons. The van der Waals surface area contributed by atoms with Crippen molar-refractivity contribution in [3.63, 3.8) is 0 Å². The molecule has 1 aromatic rings. The van der Waals surface area contributed by atoms with Gasteiger partial charge in [0.2, 0.25) is 0 Å². The maximum absolute atomic E-state index is 10.7. The van der Waals surface area contributed by atoms with Crippen LogP contribution in [0, 0.1) is 0 Å². The SMILES string of the molecule is C=Cc1ccc(C[N+](C)(C)C)cc1.O=S(=O)([O-])C(F)(F)F. The van der Waals surface area contributed by atoms with Gasteiger partial charge in [-0.1, -0.05) is 36.9 Å². The Hall–Kier alpha value is -1.38. The van der Waals surface area contributed by atoms with Gasteiger partial charge in [0.05, 0.1) is 21.1 Å². The lowest BCUT2D eigenvalue weighted by Gasteiger charge is -2.23. The molecule has 8 heteroatoms. The molecule has 0 saturated heterocycles. The predicted octanol–water partition coefficient (Wildman–Crippen LogP) is 2.59. The van der Waals surface area contributed by atoms with Crippen LogP contribution in [0.25, 0.3) is 6.08 Å². The Morgan fingerprint density at radius 3 is 1.81 bits per heavy atom. The Bertz CT molecular complexity index is 558. The summed E-state index contributed by atoms with van der Waals surface area (Å²) >= 11 is 0. The smallest absolute Gasteiger partial charge is 0.485 e. The first-order chi connectivity index (χ1) is 9.26. The zero-order chi connectivity index (χ0) is 16.9. The fourth-order valence-corrected chi connectivity index (χ4v) is 1.31. The van der Waals surface area contributed by atoms with E-state index in [1.54, 1.807) is 0 Å². The highest BCUT2D eigenvalue weighted by atomic mass is 32.2. The van der Waals surface area contributed by atoms with E-state index in [2.05, 4.69) is 52.0 Å². The average molecular weight is 325 g/mol. The first kappa shape index (κ1) is 19.6. The number of quaternary nitrogens is 1. The van der Waals surface area contributed by atoms with Crippen molar-refractivity contribution in [1.29, 1.82) is 0 Å². The second-order valence-electron chi connectivity index (χ2n) is 5.29. The second-order valence-corrected chi connectivity index (χ2v) is 6.67. The molecule has 1 aromatic carbocycles. The van der Waals surface area contributed by atoms with Crippen LogP contribution < -0.4 is 0 Å². The fraction of sp³-hybridized carbons (Fsp3) is 0.385. The summed E-state index contributed by atoms with van der Waals surface area (Å²) in [6.45, 7) is 4.80. The summed E-state index contributed by atoms with van der Waals surface area (Å²) in [4.78, 5) is 0. The van der Waals surface area contributed by atoms with Gasteiger partial charge in [0.1, 0.15) is 6.54 Å². The monoisotopic (exact) mass is 325 g/mol. The molecule has 21 heavy (non-hydrogen) atoms. The Morgan fingerprint density at radius 1 is 1.19 bits per heavy atom. The van der Waals surface area contributed by atoms with E-state index in [0.717, 1.165) is 11.0 Å². The molecule has 0 saturated carbocycles. The maximum atomic E-state index is 10.7. The topological polar surface area (TPSA) is 57.2 Å². The van der Waals surface area contributed by atoms with E-state index < -0.39 is 15.6 Å². The lowest BCUT2D eigenvalue weighted by Crippen LogP contribution is -2.33. The van der Waals surface area contributed by atoms with Crippen LogP contribution in [0.4, 0.5) is 13.2 Å². The van der Waals surface area contributed by atoms with E-state index in [0.29, 0.717) is 0 Å². The number of nitrogens with zero attached hydrogens (tertiary/aromatic N) is 1. The van der Waals surface area contributed by atoms with Gasteiger partial charge in [-0.3, -0.25) is 0 Å². The summed E-state index contributed by atoms with van der Waals surface area (Å²) in [5, 5.41) is 0. The maximum Gasteiger partial charge on any atom is 0.485 e. The van der Waals surface area contributed by atoms with Crippen molar-refractivity contribution < 1.29 is 30.6 Å². The average Bonchev–Trinajstić information content (AvgIpc) is 2.26.